The van der Waals surface area contributed by atoms with Crippen molar-refractivity contribution < 1.29 is 14.7 Å². The molecule has 1 aliphatic heterocycles. The molecule has 2 rings (SSSR count). The Kier molecular flexibility index (Phi) is 4.06. The molecule has 0 saturated carbocycles. The van der Waals surface area contributed by atoms with E-state index in [9.17, 15) is 9.59 Å². The van der Waals surface area contributed by atoms with Crippen molar-refractivity contribution in [2.45, 2.75) is 33.6 Å². The van der Waals surface area contributed by atoms with Crippen molar-refractivity contribution in [3.63, 3.8) is 0 Å². The number of amides is 2. The number of carboxylic acid groups (broad SMARTS) is 1. The number of nitrogens with one attached hydrogen (secondary N) is 1. The van der Waals surface area contributed by atoms with E-state index in [0.29, 0.717) is 37.3 Å². The lowest BCUT2D eigenvalue weighted by Crippen LogP contribution is -2.46. The fourth-order valence-corrected chi connectivity index (χ4v) is 2.10. The summed E-state index contributed by atoms with van der Waals surface area (Å²) >= 11 is 0. The van der Waals surface area contributed by atoms with E-state index in [1.165, 1.54) is 0 Å². The van der Waals surface area contributed by atoms with Gasteiger partial charge < -0.3 is 10.0 Å². The summed E-state index contributed by atoms with van der Waals surface area (Å²) < 4.78 is 0. The Hall–Kier alpha value is -2.25. The second kappa shape index (κ2) is 5.63. The molecule has 2 N–H and O–H groups in total. The lowest BCUT2D eigenvalue weighted by Gasteiger charge is -2.36. The molecule has 1 saturated heterocycles. The fraction of sp³-hybridized carbons (Fsp3) is 0.615. The summed E-state index contributed by atoms with van der Waals surface area (Å²) in [6.45, 7) is 6.08. The van der Waals surface area contributed by atoms with Crippen molar-refractivity contribution in [1.29, 1.82) is 0 Å². The molecule has 8 heteroatoms. The number of piperidine rings is 1. The van der Waals surface area contributed by atoms with Gasteiger partial charge in [-0.2, -0.15) is 5.10 Å². The summed E-state index contributed by atoms with van der Waals surface area (Å²) in [7, 11) is 0. The van der Waals surface area contributed by atoms with E-state index in [0.717, 1.165) is 0 Å². The van der Waals surface area contributed by atoms with E-state index in [-0.39, 0.29) is 12.0 Å². The van der Waals surface area contributed by atoms with Gasteiger partial charge in [-0.15, -0.1) is 5.10 Å². The number of aliphatic carboxylic acids is 1. The molecule has 21 heavy (non-hydrogen) atoms. The first-order valence-electron chi connectivity index (χ1n) is 6.79. The number of rotatable bonds is 2. The van der Waals surface area contributed by atoms with Crippen LogP contribution in [0, 0.1) is 19.3 Å². The topological polar surface area (TPSA) is 108 Å². The number of likely N-dealkylation sites (tertiary alicyclic amines) is 1. The van der Waals surface area contributed by atoms with Crippen LogP contribution in [-0.2, 0) is 4.79 Å². The molecule has 1 aliphatic rings. The average Bonchev–Trinajstić information content (AvgIpc) is 2.43. The Morgan fingerprint density at radius 3 is 2.33 bits per heavy atom. The zero-order chi connectivity index (χ0) is 15.6. The van der Waals surface area contributed by atoms with Gasteiger partial charge in [-0.25, -0.2) is 9.78 Å². The van der Waals surface area contributed by atoms with Crippen molar-refractivity contribution >= 4 is 17.9 Å². The molecule has 8 nitrogen and oxygen atoms in total. The number of carboxylic acids is 1. The largest absolute Gasteiger partial charge is 0.481 e. The number of hydrogen-bond acceptors (Lipinski definition) is 5. The van der Waals surface area contributed by atoms with E-state index in [1.807, 2.05) is 0 Å². The van der Waals surface area contributed by atoms with Gasteiger partial charge in [0.05, 0.1) is 16.8 Å². The first-order valence-corrected chi connectivity index (χ1v) is 6.79. The van der Waals surface area contributed by atoms with Crippen molar-refractivity contribution in [2.24, 2.45) is 5.41 Å². The highest BCUT2D eigenvalue weighted by molar-refractivity contribution is 5.87. The third-order valence-corrected chi connectivity index (χ3v) is 3.98. The maximum absolute atomic E-state index is 12.1. The molecule has 0 radical (unpaired) electrons. The Morgan fingerprint density at radius 1 is 1.19 bits per heavy atom. The summed E-state index contributed by atoms with van der Waals surface area (Å²) in [5, 5.41) is 19.5. The van der Waals surface area contributed by atoms with Crippen molar-refractivity contribution in [3.8, 4) is 0 Å². The van der Waals surface area contributed by atoms with Crippen LogP contribution in [0.2, 0.25) is 0 Å². The van der Waals surface area contributed by atoms with Gasteiger partial charge in [0.1, 0.15) is 0 Å². The number of aryl methyl sites for hydroxylation is 2. The Bertz CT molecular complexity index is 567. The second-order valence-electron chi connectivity index (χ2n) is 5.59. The highest BCUT2D eigenvalue weighted by atomic mass is 16.4. The highest BCUT2D eigenvalue weighted by Gasteiger charge is 2.38. The lowest BCUT2D eigenvalue weighted by atomic mass is 9.80. The Balaban J connectivity index is 1.96. The quantitative estimate of drug-likeness (QED) is 0.848. The van der Waals surface area contributed by atoms with Crippen LogP contribution < -0.4 is 5.32 Å². The minimum atomic E-state index is -0.816. The number of nitrogens with zero attached hydrogens (tertiary/aromatic N) is 4. The summed E-state index contributed by atoms with van der Waals surface area (Å²) in [6.07, 6.45) is 0.865. The molecule has 0 aliphatic carbocycles. The summed E-state index contributed by atoms with van der Waals surface area (Å²) in [6, 6.07) is -0.326. The van der Waals surface area contributed by atoms with Gasteiger partial charge in [0.2, 0.25) is 0 Å². The van der Waals surface area contributed by atoms with Crippen LogP contribution >= 0.6 is 0 Å². The highest BCUT2D eigenvalue weighted by Crippen LogP contribution is 2.31. The van der Waals surface area contributed by atoms with E-state index < -0.39 is 11.4 Å². The first kappa shape index (κ1) is 15.1. The molecule has 0 bridgehead atoms. The van der Waals surface area contributed by atoms with Gasteiger partial charge in [0.15, 0.2) is 0 Å². The molecule has 0 atom stereocenters. The monoisotopic (exact) mass is 293 g/mol. The van der Waals surface area contributed by atoms with Crippen LogP contribution in [0.4, 0.5) is 10.7 Å². The van der Waals surface area contributed by atoms with Gasteiger partial charge in [-0.3, -0.25) is 10.1 Å². The maximum atomic E-state index is 12.1. The predicted octanol–water partition coefficient (Wildman–Crippen LogP) is 1.21. The predicted molar refractivity (Wildman–Crippen MR) is 74.9 cm³/mol. The van der Waals surface area contributed by atoms with Gasteiger partial charge in [-0.1, -0.05) is 0 Å². The van der Waals surface area contributed by atoms with Crippen molar-refractivity contribution in [3.05, 3.63) is 11.4 Å². The first-order chi connectivity index (χ1) is 9.82. The number of carbonyl (C=O) groups excluding carboxylic acids is 1. The number of urea groups is 1. The van der Waals surface area contributed by atoms with Crippen LogP contribution in [0.25, 0.3) is 0 Å². The zero-order valence-corrected chi connectivity index (χ0v) is 12.4. The molecule has 0 aromatic carbocycles. The lowest BCUT2D eigenvalue weighted by molar-refractivity contribution is -0.150. The summed E-state index contributed by atoms with van der Waals surface area (Å²) in [4.78, 5) is 29.0. The molecular weight excluding hydrogens is 274 g/mol. The van der Waals surface area contributed by atoms with E-state index in [1.54, 1.807) is 25.7 Å². The van der Waals surface area contributed by atoms with E-state index in [2.05, 4.69) is 20.5 Å². The van der Waals surface area contributed by atoms with Gasteiger partial charge in [0, 0.05) is 13.1 Å². The van der Waals surface area contributed by atoms with E-state index >= 15 is 0 Å². The van der Waals surface area contributed by atoms with Crippen LogP contribution in [0.5, 0.6) is 0 Å². The molecule has 1 aromatic heterocycles. The smallest absolute Gasteiger partial charge is 0.324 e. The number of carbonyl (C=O) groups is 2. The molecule has 2 amide bonds. The molecule has 114 valence electrons. The minimum Gasteiger partial charge on any atom is -0.481 e. The number of anilines is 1. The SMILES string of the molecule is Cc1nnc(NC(=O)N2CCC(C)(C(=O)O)CC2)nc1C. The van der Waals surface area contributed by atoms with Crippen LogP contribution in [0.3, 0.4) is 0 Å². The molecule has 1 aromatic rings. The standard InChI is InChI=1S/C13H19N5O3/c1-8-9(2)16-17-11(14-8)15-12(21)18-6-4-13(3,5-7-18)10(19)20/h4-7H2,1-3H3,(H,19,20)(H,14,15,17,21). The maximum Gasteiger partial charge on any atom is 0.324 e. The Morgan fingerprint density at radius 2 is 1.81 bits per heavy atom. The van der Waals surface area contributed by atoms with Crippen LogP contribution in [-0.4, -0.2) is 50.3 Å². The van der Waals surface area contributed by atoms with Crippen LogP contribution in [0.15, 0.2) is 0 Å². The van der Waals surface area contributed by atoms with Crippen LogP contribution in [0.1, 0.15) is 31.2 Å². The van der Waals surface area contributed by atoms with Gasteiger partial charge >= 0.3 is 12.0 Å². The zero-order valence-electron chi connectivity index (χ0n) is 12.4. The number of hydrogen-bond donors (Lipinski definition) is 2. The van der Waals surface area contributed by atoms with Crippen molar-refractivity contribution in [1.82, 2.24) is 20.1 Å². The fourth-order valence-electron chi connectivity index (χ4n) is 2.10. The third kappa shape index (κ3) is 3.26. The summed E-state index contributed by atoms with van der Waals surface area (Å²) in [5.41, 5.74) is 0.663. The second-order valence-corrected chi connectivity index (χ2v) is 5.59. The summed E-state index contributed by atoms with van der Waals surface area (Å²) in [5.74, 6) is -0.654. The molecule has 2 heterocycles. The molecule has 0 unspecified atom stereocenters. The minimum absolute atomic E-state index is 0.162. The average molecular weight is 293 g/mol. The molecule has 0 spiro atoms. The molecular formula is C13H19N5O3. The molecule has 1 fully saturated rings. The normalized spacial score (nSPS) is 17.4. The number of aromatic nitrogens is 3. The van der Waals surface area contributed by atoms with Crippen molar-refractivity contribution in [2.75, 3.05) is 18.4 Å². The van der Waals surface area contributed by atoms with E-state index in [4.69, 9.17) is 5.11 Å². The van der Waals surface area contributed by atoms with Gasteiger partial charge in [-0.05, 0) is 33.6 Å². The van der Waals surface area contributed by atoms with Gasteiger partial charge in [0.25, 0.3) is 5.95 Å². The Labute approximate surface area is 122 Å². The third-order valence-electron chi connectivity index (χ3n) is 3.98.